The van der Waals surface area contributed by atoms with Crippen molar-refractivity contribution in [3.8, 4) is 0 Å². The maximum Gasteiger partial charge on any atom is 0.191 e. The fourth-order valence-corrected chi connectivity index (χ4v) is 2.83. The number of hydrogen-bond acceptors (Lipinski definition) is 2. The molecule has 5 heteroatoms. The molecule has 0 bridgehead atoms. The molecule has 0 amide bonds. The molecule has 1 aliphatic heterocycles. The lowest BCUT2D eigenvalue weighted by Crippen LogP contribution is -2.38. The highest BCUT2D eigenvalue weighted by atomic mass is 35.5. The van der Waals surface area contributed by atoms with E-state index in [1.807, 2.05) is 24.3 Å². The third-order valence-electron chi connectivity index (χ3n) is 3.83. The molecule has 1 unspecified atom stereocenters. The van der Waals surface area contributed by atoms with Crippen molar-refractivity contribution in [1.29, 1.82) is 0 Å². The quantitative estimate of drug-likeness (QED) is 0.473. The summed E-state index contributed by atoms with van der Waals surface area (Å²) in [6.45, 7) is 7.33. The van der Waals surface area contributed by atoms with Crippen molar-refractivity contribution >= 4 is 17.6 Å². The number of benzene rings is 1. The molecule has 4 nitrogen and oxygen atoms in total. The summed E-state index contributed by atoms with van der Waals surface area (Å²) in [4.78, 5) is 4.67. The van der Waals surface area contributed by atoms with E-state index in [0.717, 1.165) is 55.7 Å². The summed E-state index contributed by atoms with van der Waals surface area (Å²) < 4.78 is 5.33. The number of aliphatic imine (C=N–C) groups is 1. The Labute approximate surface area is 144 Å². The summed E-state index contributed by atoms with van der Waals surface area (Å²) in [5.74, 6) is 0.826. The van der Waals surface area contributed by atoms with Gasteiger partial charge in [-0.15, -0.1) is 0 Å². The minimum Gasteiger partial charge on any atom is -0.377 e. The molecule has 126 valence electrons. The number of nitrogens with zero attached hydrogens (tertiary/aromatic N) is 1. The SMILES string of the molecule is CCNC(=NCCC1=CCOCC1)NC(C)c1ccccc1Cl. The fraction of sp³-hybridized carbons (Fsp3) is 0.500. The van der Waals surface area contributed by atoms with Crippen LogP contribution in [-0.4, -0.2) is 32.3 Å². The zero-order valence-electron chi connectivity index (χ0n) is 13.9. The van der Waals surface area contributed by atoms with Crippen molar-refractivity contribution < 1.29 is 4.74 Å². The maximum atomic E-state index is 6.27. The number of nitrogens with one attached hydrogen (secondary N) is 2. The van der Waals surface area contributed by atoms with E-state index >= 15 is 0 Å². The highest BCUT2D eigenvalue weighted by Gasteiger charge is 2.11. The molecule has 0 aliphatic carbocycles. The Hall–Kier alpha value is -1.52. The second-order valence-corrected chi connectivity index (χ2v) is 5.99. The van der Waals surface area contributed by atoms with Crippen molar-refractivity contribution in [2.45, 2.75) is 32.7 Å². The van der Waals surface area contributed by atoms with Crippen LogP contribution in [-0.2, 0) is 4.74 Å². The monoisotopic (exact) mass is 335 g/mol. The minimum atomic E-state index is 0.101. The smallest absolute Gasteiger partial charge is 0.191 e. The number of hydrogen-bond donors (Lipinski definition) is 2. The molecule has 0 saturated heterocycles. The maximum absolute atomic E-state index is 6.27. The zero-order chi connectivity index (χ0) is 16.5. The lowest BCUT2D eigenvalue weighted by atomic mass is 10.1. The van der Waals surface area contributed by atoms with Gasteiger partial charge in [0.1, 0.15) is 0 Å². The van der Waals surface area contributed by atoms with E-state index in [4.69, 9.17) is 16.3 Å². The van der Waals surface area contributed by atoms with E-state index in [1.54, 1.807) is 0 Å². The molecule has 0 fully saturated rings. The van der Waals surface area contributed by atoms with Gasteiger partial charge < -0.3 is 15.4 Å². The first kappa shape index (κ1) is 17.8. The van der Waals surface area contributed by atoms with Gasteiger partial charge in [0, 0.05) is 18.1 Å². The Kier molecular flexibility index (Phi) is 7.43. The molecule has 1 heterocycles. The summed E-state index contributed by atoms with van der Waals surface area (Å²) in [5.41, 5.74) is 2.52. The number of ether oxygens (including phenoxy) is 1. The van der Waals surface area contributed by atoms with Gasteiger partial charge in [0.25, 0.3) is 0 Å². The van der Waals surface area contributed by atoms with Gasteiger partial charge in [0.15, 0.2) is 5.96 Å². The van der Waals surface area contributed by atoms with Crippen LogP contribution >= 0.6 is 11.6 Å². The average Bonchev–Trinajstić information content (AvgIpc) is 2.56. The summed E-state index contributed by atoms with van der Waals surface area (Å²) in [6.07, 6.45) is 4.18. The number of halogens is 1. The highest BCUT2D eigenvalue weighted by Crippen LogP contribution is 2.22. The van der Waals surface area contributed by atoms with Crippen molar-refractivity contribution in [1.82, 2.24) is 10.6 Å². The molecule has 2 N–H and O–H groups in total. The van der Waals surface area contributed by atoms with Crippen LogP contribution in [0, 0.1) is 0 Å². The van der Waals surface area contributed by atoms with Crippen LogP contribution in [0.5, 0.6) is 0 Å². The third-order valence-corrected chi connectivity index (χ3v) is 4.17. The van der Waals surface area contributed by atoms with E-state index in [2.05, 4.69) is 35.5 Å². The van der Waals surface area contributed by atoms with E-state index in [0.29, 0.717) is 0 Å². The molecule has 1 aliphatic rings. The van der Waals surface area contributed by atoms with Gasteiger partial charge in [-0.05, 0) is 38.3 Å². The van der Waals surface area contributed by atoms with E-state index in [-0.39, 0.29) is 6.04 Å². The Balaban J connectivity index is 1.93. The van der Waals surface area contributed by atoms with Crippen molar-refractivity contribution in [2.75, 3.05) is 26.3 Å². The largest absolute Gasteiger partial charge is 0.377 e. The predicted molar refractivity (Wildman–Crippen MR) is 97.1 cm³/mol. The first-order chi connectivity index (χ1) is 11.2. The van der Waals surface area contributed by atoms with E-state index in [1.165, 1.54) is 5.57 Å². The van der Waals surface area contributed by atoms with Gasteiger partial charge in [0.2, 0.25) is 0 Å². The predicted octanol–water partition coefficient (Wildman–Crippen LogP) is 3.69. The normalized spacial score (nSPS) is 16.7. The molecule has 2 rings (SSSR count). The van der Waals surface area contributed by atoms with Gasteiger partial charge >= 0.3 is 0 Å². The lowest BCUT2D eigenvalue weighted by Gasteiger charge is -2.19. The molecule has 0 spiro atoms. The molecule has 0 saturated carbocycles. The first-order valence-corrected chi connectivity index (χ1v) is 8.63. The van der Waals surface area contributed by atoms with Crippen molar-refractivity contribution in [3.05, 3.63) is 46.5 Å². The number of guanidine groups is 1. The van der Waals surface area contributed by atoms with E-state index in [9.17, 15) is 0 Å². The van der Waals surface area contributed by atoms with Crippen LogP contribution in [0.25, 0.3) is 0 Å². The van der Waals surface area contributed by atoms with Crippen LogP contribution < -0.4 is 10.6 Å². The van der Waals surface area contributed by atoms with Gasteiger partial charge in [-0.25, -0.2) is 0 Å². The summed E-state index contributed by atoms with van der Waals surface area (Å²) >= 11 is 6.27. The van der Waals surface area contributed by atoms with Crippen LogP contribution in [0.2, 0.25) is 5.02 Å². The molecule has 1 atom stereocenters. The van der Waals surface area contributed by atoms with Crippen LogP contribution in [0.3, 0.4) is 0 Å². The van der Waals surface area contributed by atoms with Crippen molar-refractivity contribution in [2.24, 2.45) is 4.99 Å². The Morgan fingerprint density at radius 1 is 1.39 bits per heavy atom. The Morgan fingerprint density at radius 3 is 2.91 bits per heavy atom. The highest BCUT2D eigenvalue weighted by molar-refractivity contribution is 6.31. The molecular weight excluding hydrogens is 310 g/mol. The topological polar surface area (TPSA) is 45.7 Å². The van der Waals surface area contributed by atoms with Crippen molar-refractivity contribution in [3.63, 3.8) is 0 Å². The fourth-order valence-electron chi connectivity index (χ4n) is 2.53. The number of rotatable bonds is 6. The third kappa shape index (κ3) is 5.88. The van der Waals surface area contributed by atoms with Crippen LogP contribution in [0.1, 0.15) is 38.3 Å². The minimum absolute atomic E-state index is 0.101. The zero-order valence-corrected chi connectivity index (χ0v) is 14.7. The first-order valence-electron chi connectivity index (χ1n) is 8.25. The lowest BCUT2D eigenvalue weighted by molar-refractivity contribution is 0.153. The molecule has 0 radical (unpaired) electrons. The second kappa shape index (κ2) is 9.58. The Bertz CT molecular complexity index is 557. The van der Waals surface area contributed by atoms with Crippen LogP contribution in [0.4, 0.5) is 0 Å². The summed E-state index contributed by atoms with van der Waals surface area (Å²) in [7, 11) is 0. The Morgan fingerprint density at radius 2 is 2.22 bits per heavy atom. The van der Waals surface area contributed by atoms with Gasteiger partial charge in [-0.3, -0.25) is 4.99 Å². The summed E-state index contributed by atoms with van der Waals surface area (Å²) in [6, 6.07) is 8.00. The molecule has 0 aromatic heterocycles. The molecular formula is C18H26ClN3O. The van der Waals surface area contributed by atoms with Gasteiger partial charge in [0.05, 0.1) is 19.3 Å². The summed E-state index contributed by atoms with van der Waals surface area (Å²) in [5, 5.41) is 7.49. The molecule has 23 heavy (non-hydrogen) atoms. The average molecular weight is 336 g/mol. The van der Waals surface area contributed by atoms with Gasteiger partial charge in [-0.1, -0.05) is 41.4 Å². The molecule has 1 aromatic rings. The standard InChI is InChI=1S/C18H26ClN3O/c1-3-20-18(21-11-8-15-9-12-23-13-10-15)22-14(2)16-6-4-5-7-17(16)19/h4-7,9,14H,3,8,10-13H2,1-2H3,(H2,20,21,22). The molecule has 1 aromatic carbocycles. The second-order valence-electron chi connectivity index (χ2n) is 5.59. The van der Waals surface area contributed by atoms with Crippen LogP contribution in [0.15, 0.2) is 40.9 Å². The van der Waals surface area contributed by atoms with E-state index < -0.39 is 0 Å². The van der Waals surface area contributed by atoms with Gasteiger partial charge in [-0.2, -0.15) is 0 Å².